The SMILES string of the molecule is CCOc1ccccc1N(CC(=O)Nc1c(C)cccc1C)S(=O)(=O)c1ccc(SC)cc1. The molecule has 0 aromatic heterocycles. The van der Waals surface area contributed by atoms with Gasteiger partial charge in [-0.2, -0.15) is 0 Å². The van der Waals surface area contributed by atoms with E-state index in [-0.39, 0.29) is 4.90 Å². The molecule has 1 N–H and O–H groups in total. The molecule has 0 heterocycles. The van der Waals surface area contributed by atoms with Gasteiger partial charge in [0.25, 0.3) is 10.0 Å². The minimum absolute atomic E-state index is 0.103. The minimum Gasteiger partial charge on any atom is -0.492 e. The number of hydrogen-bond acceptors (Lipinski definition) is 5. The largest absolute Gasteiger partial charge is 0.492 e. The fraction of sp³-hybridized carbons (Fsp3) is 0.240. The number of hydrogen-bond donors (Lipinski definition) is 1. The molecule has 0 aliphatic heterocycles. The smallest absolute Gasteiger partial charge is 0.264 e. The molecule has 0 aliphatic carbocycles. The Hall–Kier alpha value is -2.97. The molecule has 0 saturated carbocycles. The summed E-state index contributed by atoms with van der Waals surface area (Å²) < 4.78 is 34.2. The quantitative estimate of drug-likeness (QED) is 0.420. The van der Waals surface area contributed by atoms with Crippen LogP contribution < -0.4 is 14.4 Å². The van der Waals surface area contributed by atoms with Gasteiger partial charge in [-0.3, -0.25) is 9.10 Å². The van der Waals surface area contributed by atoms with Crippen LogP contribution in [0.25, 0.3) is 0 Å². The summed E-state index contributed by atoms with van der Waals surface area (Å²) in [5.74, 6) is -0.0489. The fourth-order valence-corrected chi connectivity index (χ4v) is 5.28. The van der Waals surface area contributed by atoms with Crippen molar-refractivity contribution in [2.24, 2.45) is 0 Å². The number of nitrogens with one attached hydrogen (secondary N) is 1. The molecule has 0 fully saturated rings. The van der Waals surface area contributed by atoms with Gasteiger partial charge < -0.3 is 10.1 Å². The van der Waals surface area contributed by atoms with E-state index in [1.165, 1.54) is 11.8 Å². The summed E-state index contributed by atoms with van der Waals surface area (Å²) in [4.78, 5) is 14.1. The average Bonchev–Trinajstić information content (AvgIpc) is 2.81. The van der Waals surface area contributed by atoms with Crippen LogP contribution in [-0.4, -0.2) is 33.7 Å². The predicted molar refractivity (Wildman–Crippen MR) is 135 cm³/mol. The Morgan fingerprint density at radius 1 is 0.970 bits per heavy atom. The fourth-order valence-electron chi connectivity index (χ4n) is 3.44. The second-order valence-electron chi connectivity index (χ2n) is 7.40. The molecule has 3 aromatic carbocycles. The second kappa shape index (κ2) is 10.8. The Kier molecular flexibility index (Phi) is 8.05. The van der Waals surface area contributed by atoms with Crippen molar-refractivity contribution in [1.29, 1.82) is 0 Å². The number of benzene rings is 3. The normalized spacial score (nSPS) is 11.2. The zero-order chi connectivity index (χ0) is 24.0. The third kappa shape index (κ3) is 5.69. The van der Waals surface area contributed by atoms with Gasteiger partial charge in [0, 0.05) is 10.6 Å². The van der Waals surface area contributed by atoms with Crippen LogP contribution in [-0.2, 0) is 14.8 Å². The van der Waals surface area contributed by atoms with Crippen molar-refractivity contribution in [3.05, 3.63) is 77.9 Å². The first-order valence-corrected chi connectivity index (χ1v) is 13.2. The van der Waals surface area contributed by atoms with E-state index in [1.54, 1.807) is 48.5 Å². The van der Waals surface area contributed by atoms with E-state index in [0.29, 0.717) is 23.7 Å². The van der Waals surface area contributed by atoms with Gasteiger partial charge in [0.1, 0.15) is 12.3 Å². The van der Waals surface area contributed by atoms with Crippen LogP contribution in [0.2, 0.25) is 0 Å². The monoisotopic (exact) mass is 484 g/mol. The Labute approximate surface area is 200 Å². The topological polar surface area (TPSA) is 75.7 Å². The molecule has 0 saturated heterocycles. The first kappa shape index (κ1) is 24.7. The first-order valence-electron chi connectivity index (χ1n) is 10.5. The molecular weight excluding hydrogens is 456 g/mol. The number of thioether (sulfide) groups is 1. The Balaban J connectivity index is 2.03. The van der Waals surface area contributed by atoms with Crippen LogP contribution in [0.4, 0.5) is 11.4 Å². The van der Waals surface area contributed by atoms with E-state index in [1.807, 2.05) is 45.2 Å². The average molecular weight is 485 g/mol. The molecule has 174 valence electrons. The van der Waals surface area contributed by atoms with Crippen LogP contribution in [0.5, 0.6) is 5.75 Å². The maximum atomic E-state index is 13.7. The highest BCUT2D eigenvalue weighted by molar-refractivity contribution is 7.98. The lowest BCUT2D eigenvalue weighted by Gasteiger charge is -2.26. The number of rotatable bonds is 9. The van der Waals surface area contributed by atoms with Crippen molar-refractivity contribution < 1.29 is 17.9 Å². The first-order chi connectivity index (χ1) is 15.8. The number of carbonyl (C=O) groups is 1. The van der Waals surface area contributed by atoms with Crippen LogP contribution in [0.3, 0.4) is 0 Å². The summed E-state index contributed by atoms with van der Waals surface area (Å²) in [7, 11) is -4.04. The molecule has 3 rings (SSSR count). The van der Waals surface area contributed by atoms with Gasteiger partial charge in [-0.1, -0.05) is 30.3 Å². The zero-order valence-electron chi connectivity index (χ0n) is 19.2. The van der Waals surface area contributed by atoms with E-state index in [4.69, 9.17) is 4.74 Å². The third-order valence-electron chi connectivity index (χ3n) is 5.11. The molecule has 0 radical (unpaired) electrons. The van der Waals surface area contributed by atoms with Gasteiger partial charge in [0.05, 0.1) is 17.2 Å². The highest BCUT2D eigenvalue weighted by atomic mass is 32.2. The number of nitrogens with zero attached hydrogens (tertiary/aromatic N) is 1. The van der Waals surface area contributed by atoms with E-state index in [0.717, 1.165) is 20.3 Å². The molecule has 0 spiro atoms. The summed E-state index contributed by atoms with van der Waals surface area (Å²) in [5, 5.41) is 2.88. The van der Waals surface area contributed by atoms with Gasteiger partial charge in [-0.15, -0.1) is 11.8 Å². The number of aryl methyl sites for hydroxylation is 2. The van der Waals surface area contributed by atoms with Crippen LogP contribution >= 0.6 is 11.8 Å². The zero-order valence-corrected chi connectivity index (χ0v) is 20.8. The van der Waals surface area contributed by atoms with Crippen molar-refractivity contribution >= 4 is 39.1 Å². The summed E-state index contributed by atoms with van der Waals surface area (Å²) in [6.07, 6.45) is 1.92. The summed E-state index contributed by atoms with van der Waals surface area (Å²) in [6, 6.07) is 19.2. The van der Waals surface area contributed by atoms with Crippen molar-refractivity contribution in [3.63, 3.8) is 0 Å². The van der Waals surface area contributed by atoms with E-state index in [9.17, 15) is 13.2 Å². The predicted octanol–water partition coefficient (Wildman–Crippen LogP) is 5.26. The van der Waals surface area contributed by atoms with Gasteiger partial charge in [0.15, 0.2) is 0 Å². The van der Waals surface area contributed by atoms with Crippen LogP contribution in [0.15, 0.2) is 76.5 Å². The molecular formula is C25H28N2O4S2. The molecule has 3 aromatic rings. The Bertz CT molecular complexity index is 1210. The number of carbonyl (C=O) groups excluding carboxylic acids is 1. The van der Waals surface area contributed by atoms with Crippen LogP contribution in [0.1, 0.15) is 18.1 Å². The number of amides is 1. The minimum atomic E-state index is -4.04. The highest BCUT2D eigenvalue weighted by Crippen LogP contribution is 2.33. The van der Waals surface area contributed by atoms with Crippen molar-refractivity contribution in [3.8, 4) is 5.75 Å². The van der Waals surface area contributed by atoms with Crippen molar-refractivity contribution in [2.45, 2.75) is 30.6 Å². The molecule has 8 heteroatoms. The maximum Gasteiger partial charge on any atom is 0.264 e. The van der Waals surface area contributed by atoms with Gasteiger partial charge >= 0.3 is 0 Å². The molecule has 33 heavy (non-hydrogen) atoms. The summed E-state index contributed by atoms with van der Waals surface area (Å²) in [6.45, 7) is 5.58. The number of para-hydroxylation sites is 3. The Morgan fingerprint density at radius 3 is 2.21 bits per heavy atom. The maximum absolute atomic E-state index is 13.7. The van der Waals surface area contributed by atoms with E-state index in [2.05, 4.69) is 5.32 Å². The molecule has 0 aliphatic rings. The lowest BCUT2D eigenvalue weighted by molar-refractivity contribution is -0.114. The molecule has 6 nitrogen and oxygen atoms in total. The van der Waals surface area contributed by atoms with E-state index < -0.39 is 22.5 Å². The lowest BCUT2D eigenvalue weighted by atomic mass is 10.1. The van der Waals surface area contributed by atoms with Crippen molar-refractivity contribution in [1.82, 2.24) is 0 Å². The number of anilines is 2. The summed E-state index contributed by atoms with van der Waals surface area (Å²) in [5.41, 5.74) is 2.80. The second-order valence-corrected chi connectivity index (χ2v) is 10.1. The van der Waals surface area contributed by atoms with Gasteiger partial charge in [-0.25, -0.2) is 8.42 Å². The standard InChI is InChI=1S/C25H28N2O4S2/c1-5-31-23-12-7-6-11-22(23)27(33(29,30)21-15-13-20(32-4)14-16-21)17-24(28)26-25-18(2)9-8-10-19(25)3/h6-16H,5,17H2,1-4H3,(H,26,28). The van der Waals surface area contributed by atoms with Crippen molar-refractivity contribution in [2.75, 3.05) is 29.0 Å². The van der Waals surface area contributed by atoms with Gasteiger partial charge in [-0.05, 0) is 74.6 Å². The molecule has 0 bridgehead atoms. The van der Waals surface area contributed by atoms with E-state index >= 15 is 0 Å². The molecule has 0 atom stereocenters. The summed E-state index contributed by atoms with van der Waals surface area (Å²) >= 11 is 1.52. The Morgan fingerprint density at radius 2 is 1.61 bits per heavy atom. The number of ether oxygens (including phenoxy) is 1. The van der Waals surface area contributed by atoms with Gasteiger partial charge in [0.2, 0.25) is 5.91 Å². The molecule has 1 amide bonds. The number of sulfonamides is 1. The third-order valence-corrected chi connectivity index (χ3v) is 7.63. The molecule has 0 unspecified atom stereocenters. The lowest BCUT2D eigenvalue weighted by Crippen LogP contribution is -2.38. The highest BCUT2D eigenvalue weighted by Gasteiger charge is 2.29. The van der Waals surface area contributed by atoms with Crippen LogP contribution in [0, 0.1) is 13.8 Å².